The lowest BCUT2D eigenvalue weighted by Gasteiger charge is -2.41. The molecular weight excluding hydrogens is 362 g/mol. The van der Waals surface area contributed by atoms with E-state index >= 15 is 0 Å². The van der Waals surface area contributed by atoms with Crippen molar-refractivity contribution in [3.05, 3.63) is 28.3 Å². The average molecular weight is 392 g/mol. The number of benzene rings is 1. The lowest BCUT2D eigenvalue weighted by Crippen LogP contribution is -2.52. The molecule has 2 saturated heterocycles. The van der Waals surface area contributed by atoms with Crippen LogP contribution in [0.3, 0.4) is 0 Å². The minimum Gasteiger partial charge on any atom is -0.340 e. The van der Waals surface area contributed by atoms with Crippen LogP contribution in [0.5, 0.6) is 0 Å². The second kappa shape index (κ2) is 8.61. The number of hydrogen-bond acceptors (Lipinski definition) is 3. The van der Waals surface area contributed by atoms with Crippen molar-refractivity contribution in [1.82, 2.24) is 9.80 Å². The number of piperidine rings is 2. The molecule has 2 aliphatic rings. The standard InChI is InChI=1S/C21H30ClN3O2/c1-14-12-15(2)20(18(22)13-14)23-21(27)16(3)24-10-7-17(8-11-24)25-9-5-4-6-19(25)26/h12-13,16-17H,4-11H2,1-3H3,(H,23,27). The molecule has 2 fully saturated rings. The van der Waals surface area contributed by atoms with Crippen molar-refractivity contribution in [3.8, 4) is 0 Å². The molecule has 0 saturated carbocycles. The van der Waals surface area contributed by atoms with Gasteiger partial charge in [0.2, 0.25) is 11.8 Å². The van der Waals surface area contributed by atoms with Crippen molar-refractivity contribution in [2.45, 2.75) is 65.0 Å². The van der Waals surface area contributed by atoms with Crippen LogP contribution in [0.4, 0.5) is 5.69 Å². The summed E-state index contributed by atoms with van der Waals surface area (Å²) in [6.45, 7) is 8.46. The van der Waals surface area contributed by atoms with Crippen LogP contribution in [0.25, 0.3) is 0 Å². The highest BCUT2D eigenvalue weighted by Gasteiger charge is 2.32. The lowest BCUT2D eigenvalue weighted by molar-refractivity contribution is -0.137. The number of nitrogens with one attached hydrogen (secondary N) is 1. The maximum atomic E-state index is 12.8. The Labute approximate surface area is 167 Å². The third-order valence-corrected chi connectivity index (χ3v) is 6.21. The van der Waals surface area contributed by atoms with Gasteiger partial charge in [-0.3, -0.25) is 14.5 Å². The fourth-order valence-electron chi connectivity index (χ4n) is 4.27. The van der Waals surface area contributed by atoms with E-state index in [4.69, 9.17) is 11.6 Å². The van der Waals surface area contributed by atoms with Crippen LogP contribution in [0.1, 0.15) is 50.2 Å². The Bertz CT molecular complexity index is 690. The summed E-state index contributed by atoms with van der Waals surface area (Å²) in [5.41, 5.74) is 2.76. The van der Waals surface area contributed by atoms with Gasteiger partial charge in [0.25, 0.3) is 0 Å². The molecule has 5 nitrogen and oxygen atoms in total. The average Bonchev–Trinajstić information content (AvgIpc) is 2.64. The monoisotopic (exact) mass is 391 g/mol. The third-order valence-electron chi connectivity index (χ3n) is 5.91. The summed E-state index contributed by atoms with van der Waals surface area (Å²) in [5, 5.41) is 3.59. The van der Waals surface area contributed by atoms with Crippen LogP contribution >= 0.6 is 11.6 Å². The third kappa shape index (κ3) is 4.64. The van der Waals surface area contributed by atoms with Crippen LogP contribution in [-0.2, 0) is 9.59 Å². The number of aryl methyl sites for hydroxylation is 2. The van der Waals surface area contributed by atoms with Gasteiger partial charge in [-0.25, -0.2) is 0 Å². The summed E-state index contributed by atoms with van der Waals surface area (Å²) in [4.78, 5) is 29.2. The first-order chi connectivity index (χ1) is 12.9. The topological polar surface area (TPSA) is 52.7 Å². The minimum absolute atomic E-state index is 0.0312. The maximum Gasteiger partial charge on any atom is 0.241 e. The molecule has 3 rings (SSSR count). The molecule has 2 heterocycles. The first kappa shape index (κ1) is 20.2. The molecule has 27 heavy (non-hydrogen) atoms. The highest BCUT2D eigenvalue weighted by Crippen LogP contribution is 2.28. The van der Waals surface area contributed by atoms with E-state index in [0.717, 1.165) is 56.4 Å². The van der Waals surface area contributed by atoms with Gasteiger partial charge in [0, 0.05) is 32.1 Å². The van der Waals surface area contributed by atoms with Crippen molar-refractivity contribution in [1.29, 1.82) is 0 Å². The number of halogens is 1. The smallest absolute Gasteiger partial charge is 0.241 e. The van der Waals surface area contributed by atoms with E-state index in [1.807, 2.05) is 32.9 Å². The zero-order valence-corrected chi connectivity index (χ0v) is 17.3. The second-order valence-electron chi connectivity index (χ2n) is 7.92. The molecule has 1 aromatic carbocycles. The fourth-order valence-corrected chi connectivity index (χ4v) is 4.63. The number of carbonyl (C=O) groups excluding carboxylic acids is 2. The summed E-state index contributed by atoms with van der Waals surface area (Å²) < 4.78 is 0. The lowest BCUT2D eigenvalue weighted by atomic mass is 9.98. The zero-order valence-electron chi connectivity index (χ0n) is 16.6. The molecule has 1 atom stereocenters. The first-order valence-corrected chi connectivity index (χ1v) is 10.4. The van der Waals surface area contributed by atoms with E-state index in [2.05, 4.69) is 15.1 Å². The quantitative estimate of drug-likeness (QED) is 0.850. The van der Waals surface area contributed by atoms with Crippen molar-refractivity contribution >= 4 is 29.1 Å². The van der Waals surface area contributed by atoms with Gasteiger partial charge in [0.1, 0.15) is 0 Å². The number of nitrogens with zero attached hydrogens (tertiary/aromatic N) is 2. The zero-order chi connectivity index (χ0) is 19.6. The Morgan fingerprint density at radius 2 is 1.89 bits per heavy atom. The van der Waals surface area contributed by atoms with Crippen LogP contribution in [0, 0.1) is 13.8 Å². The highest BCUT2D eigenvalue weighted by atomic mass is 35.5. The molecule has 2 aliphatic heterocycles. The predicted molar refractivity (Wildman–Crippen MR) is 109 cm³/mol. The van der Waals surface area contributed by atoms with Gasteiger partial charge in [0.05, 0.1) is 16.8 Å². The molecule has 1 N–H and O–H groups in total. The normalized spacial score (nSPS) is 20.6. The number of hydrogen-bond donors (Lipinski definition) is 1. The Morgan fingerprint density at radius 1 is 1.19 bits per heavy atom. The SMILES string of the molecule is Cc1cc(C)c(NC(=O)C(C)N2CCC(N3CCCCC3=O)CC2)c(Cl)c1. The molecule has 0 aliphatic carbocycles. The van der Waals surface area contributed by atoms with Gasteiger partial charge in [-0.2, -0.15) is 0 Å². The van der Waals surface area contributed by atoms with E-state index in [-0.39, 0.29) is 11.9 Å². The Kier molecular flexibility index (Phi) is 6.43. The first-order valence-electron chi connectivity index (χ1n) is 9.98. The molecule has 0 bridgehead atoms. The molecule has 1 unspecified atom stereocenters. The van der Waals surface area contributed by atoms with Crippen molar-refractivity contribution in [3.63, 3.8) is 0 Å². The number of carbonyl (C=O) groups is 2. The van der Waals surface area contributed by atoms with Crippen molar-refractivity contribution in [2.24, 2.45) is 0 Å². The molecule has 148 valence electrons. The van der Waals surface area contributed by atoms with Crippen LogP contribution < -0.4 is 5.32 Å². The van der Waals surface area contributed by atoms with Gasteiger partial charge in [-0.15, -0.1) is 0 Å². The van der Waals surface area contributed by atoms with E-state index in [9.17, 15) is 9.59 Å². The van der Waals surface area contributed by atoms with Gasteiger partial charge >= 0.3 is 0 Å². The molecular formula is C21H30ClN3O2. The Hall–Kier alpha value is -1.59. The number of anilines is 1. The molecule has 1 aromatic rings. The molecule has 2 amide bonds. The van der Waals surface area contributed by atoms with Crippen molar-refractivity contribution in [2.75, 3.05) is 25.0 Å². The van der Waals surface area contributed by atoms with Gasteiger partial charge in [-0.05, 0) is 63.6 Å². The summed E-state index contributed by atoms with van der Waals surface area (Å²) in [6.07, 6.45) is 4.70. The van der Waals surface area contributed by atoms with Gasteiger partial charge in [0.15, 0.2) is 0 Å². The second-order valence-corrected chi connectivity index (χ2v) is 8.32. The molecule has 0 radical (unpaired) electrons. The molecule has 0 spiro atoms. The Morgan fingerprint density at radius 3 is 2.52 bits per heavy atom. The number of likely N-dealkylation sites (tertiary alicyclic amines) is 2. The summed E-state index contributed by atoms with van der Waals surface area (Å²) in [5.74, 6) is 0.270. The predicted octanol–water partition coefficient (Wildman–Crippen LogP) is 3.76. The summed E-state index contributed by atoms with van der Waals surface area (Å²) >= 11 is 6.32. The van der Waals surface area contributed by atoms with E-state index in [1.54, 1.807) is 0 Å². The van der Waals surface area contributed by atoms with Crippen LogP contribution in [-0.4, -0.2) is 53.3 Å². The van der Waals surface area contributed by atoms with E-state index in [1.165, 1.54) is 0 Å². The number of rotatable bonds is 4. The van der Waals surface area contributed by atoms with Crippen LogP contribution in [0.2, 0.25) is 5.02 Å². The van der Waals surface area contributed by atoms with E-state index < -0.39 is 0 Å². The van der Waals surface area contributed by atoms with Crippen LogP contribution in [0.15, 0.2) is 12.1 Å². The summed E-state index contributed by atoms with van der Waals surface area (Å²) in [6, 6.07) is 4.00. The van der Waals surface area contributed by atoms with Crippen molar-refractivity contribution < 1.29 is 9.59 Å². The van der Waals surface area contributed by atoms with Gasteiger partial charge in [-0.1, -0.05) is 17.7 Å². The van der Waals surface area contributed by atoms with E-state index in [0.29, 0.717) is 29.1 Å². The van der Waals surface area contributed by atoms with Gasteiger partial charge < -0.3 is 10.2 Å². The fraction of sp³-hybridized carbons (Fsp3) is 0.619. The summed E-state index contributed by atoms with van der Waals surface area (Å²) in [7, 11) is 0. The highest BCUT2D eigenvalue weighted by molar-refractivity contribution is 6.34. The Balaban J connectivity index is 1.56. The number of amides is 2. The minimum atomic E-state index is -0.222. The maximum absolute atomic E-state index is 12.8. The molecule has 6 heteroatoms. The molecule has 0 aromatic heterocycles. The largest absolute Gasteiger partial charge is 0.340 e.